The Bertz CT molecular complexity index is 1260. The van der Waals surface area contributed by atoms with Crippen molar-refractivity contribution in [3.05, 3.63) is 71.3 Å². The topological polar surface area (TPSA) is 70.1 Å². The van der Waals surface area contributed by atoms with Crippen molar-refractivity contribution in [3.8, 4) is 0 Å². The van der Waals surface area contributed by atoms with E-state index in [1.807, 2.05) is 30.2 Å². The van der Waals surface area contributed by atoms with Gasteiger partial charge in [-0.15, -0.1) is 5.10 Å². The number of ether oxygens (including phenoxy) is 1. The highest BCUT2D eigenvalue weighted by Crippen LogP contribution is 2.33. The van der Waals surface area contributed by atoms with Gasteiger partial charge < -0.3 is 9.30 Å². The van der Waals surface area contributed by atoms with Crippen LogP contribution in [0.3, 0.4) is 0 Å². The maximum atomic E-state index is 14.0. The van der Waals surface area contributed by atoms with Gasteiger partial charge >= 0.3 is 0 Å². The Kier molecular flexibility index (Phi) is 6.74. The molecule has 9 heteroatoms. The fourth-order valence-electron chi connectivity index (χ4n) is 5.04. The molecule has 2 aromatic heterocycles. The van der Waals surface area contributed by atoms with E-state index in [9.17, 15) is 8.78 Å². The summed E-state index contributed by atoms with van der Waals surface area (Å²) in [5, 5.41) is 4.69. The third kappa shape index (κ3) is 5.04. The molecule has 2 unspecified atom stereocenters. The van der Waals surface area contributed by atoms with Gasteiger partial charge in [0, 0.05) is 24.4 Å². The van der Waals surface area contributed by atoms with Crippen LogP contribution in [-0.2, 0) is 11.3 Å². The van der Waals surface area contributed by atoms with Crippen LogP contribution < -0.4 is 0 Å². The number of imidazole rings is 1. The van der Waals surface area contributed by atoms with Crippen LogP contribution in [-0.4, -0.2) is 37.1 Å². The first-order valence-electron chi connectivity index (χ1n) is 12.2. The number of halogens is 2. The van der Waals surface area contributed by atoms with Crippen molar-refractivity contribution in [1.29, 1.82) is 0 Å². The number of hydrogen-bond donors (Lipinski definition) is 0. The molecule has 0 saturated carbocycles. The number of nitrogens with zero attached hydrogens (tertiary/aromatic N) is 6. The zero-order chi connectivity index (χ0) is 24.4. The van der Waals surface area contributed by atoms with Crippen molar-refractivity contribution in [2.45, 2.75) is 70.4 Å². The highest BCUT2D eigenvalue weighted by molar-refractivity contribution is 5.97. The summed E-state index contributed by atoms with van der Waals surface area (Å²) >= 11 is 0. The van der Waals surface area contributed by atoms with Crippen molar-refractivity contribution in [2.75, 3.05) is 7.11 Å². The van der Waals surface area contributed by atoms with E-state index in [-0.39, 0.29) is 12.0 Å². The average molecular weight is 481 g/mol. The SMILES string of the molecule is COC1=CC(=Nc2nc3n(n2)CCCCCC3c2ccc(F)c(F)c2)CCCC1n1cnc(C)c1. The van der Waals surface area contributed by atoms with Gasteiger partial charge in [0.05, 0.1) is 25.2 Å². The van der Waals surface area contributed by atoms with Gasteiger partial charge in [0.2, 0.25) is 0 Å². The zero-order valence-electron chi connectivity index (χ0n) is 20.1. The molecule has 1 aromatic carbocycles. The average Bonchev–Trinajstić information content (AvgIpc) is 3.36. The van der Waals surface area contributed by atoms with E-state index >= 15 is 0 Å². The number of hydrogen-bond acceptors (Lipinski definition) is 5. The Morgan fingerprint density at radius 1 is 1.09 bits per heavy atom. The van der Waals surface area contributed by atoms with E-state index in [2.05, 4.69) is 14.6 Å². The summed E-state index contributed by atoms with van der Waals surface area (Å²) in [5.41, 5.74) is 2.55. The van der Waals surface area contributed by atoms with Crippen molar-refractivity contribution in [1.82, 2.24) is 24.3 Å². The smallest absolute Gasteiger partial charge is 0.268 e. The molecular formula is C26H30F2N6O. The summed E-state index contributed by atoms with van der Waals surface area (Å²) in [5.74, 6) is 0.149. The fraction of sp³-hybridized carbons (Fsp3) is 0.462. The Labute approximate surface area is 203 Å². The number of aliphatic imine (C=N–C) groups is 1. The number of methoxy groups -OCH3 is 1. The first-order valence-corrected chi connectivity index (χ1v) is 12.2. The molecule has 1 aliphatic heterocycles. The Balaban J connectivity index is 1.48. The van der Waals surface area contributed by atoms with Crippen molar-refractivity contribution < 1.29 is 13.5 Å². The molecule has 5 rings (SSSR count). The normalized spacial score (nSPS) is 22.2. The van der Waals surface area contributed by atoms with Gasteiger partial charge in [-0.05, 0) is 62.8 Å². The van der Waals surface area contributed by atoms with E-state index in [0.29, 0.717) is 11.5 Å². The van der Waals surface area contributed by atoms with Gasteiger partial charge in [-0.2, -0.15) is 4.98 Å². The second kappa shape index (κ2) is 10.1. The molecule has 184 valence electrons. The fourth-order valence-corrected chi connectivity index (χ4v) is 5.04. The summed E-state index contributed by atoms with van der Waals surface area (Å²) < 4.78 is 37.3. The molecule has 2 aliphatic rings. The molecule has 0 amide bonds. The minimum Gasteiger partial charge on any atom is -0.499 e. The lowest BCUT2D eigenvalue weighted by atomic mass is 9.91. The van der Waals surface area contributed by atoms with E-state index in [1.165, 1.54) is 12.1 Å². The largest absolute Gasteiger partial charge is 0.499 e. The van der Waals surface area contributed by atoms with Crippen LogP contribution in [0.15, 0.2) is 47.6 Å². The second-order valence-electron chi connectivity index (χ2n) is 9.29. The number of rotatable bonds is 4. The standard InChI is InChI=1S/C26H30F2N6O/c1-17-15-33(16-29-17)23-9-6-7-19(14-24(23)35-2)30-26-31-25-20(8-4-3-5-12-34(25)32-26)18-10-11-21(27)22(28)13-18/h10-11,13-16,20,23H,3-9,12H2,1-2H3. The summed E-state index contributed by atoms with van der Waals surface area (Å²) in [6.45, 7) is 2.70. The van der Waals surface area contributed by atoms with Crippen molar-refractivity contribution in [3.63, 3.8) is 0 Å². The van der Waals surface area contributed by atoms with Crippen molar-refractivity contribution in [2.24, 2.45) is 4.99 Å². The summed E-state index contributed by atoms with van der Waals surface area (Å²) in [7, 11) is 1.68. The summed E-state index contributed by atoms with van der Waals surface area (Å²) in [4.78, 5) is 13.9. The van der Waals surface area contributed by atoms with Crippen LogP contribution in [0.5, 0.6) is 0 Å². The Morgan fingerprint density at radius 2 is 1.97 bits per heavy atom. The van der Waals surface area contributed by atoms with Gasteiger partial charge in [-0.3, -0.25) is 0 Å². The first-order chi connectivity index (χ1) is 17.0. The molecule has 2 atom stereocenters. The van der Waals surface area contributed by atoms with E-state index < -0.39 is 11.6 Å². The van der Waals surface area contributed by atoms with E-state index in [1.54, 1.807) is 13.2 Å². The summed E-state index contributed by atoms with van der Waals surface area (Å²) in [6.07, 6.45) is 12.3. The van der Waals surface area contributed by atoms with Crippen molar-refractivity contribution >= 4 is 11.7 Å². The highest BCUT2D eigenvalue weighted by Gasteiger charge is 2.26. The molecule has 0 N–H and O–H groups in total. The number of aryl methyl sites for hydroxylation is 2. The number of aromatic nitrogens is 5. The van der Waals surface area contributed by atoms with Crippen LogP contribution in [0, 0.1) is 18.6 Å². The van der Waals surface area contributed by atoms with Gasteiger partial charge in [-0.1, -0.05) is 18.9 Å². The zero-order valence-corrected chi connectivity index (χ0v) is 20.1. The molecule has 0 spiro atoms. The molecule has 1 aliphatic carbocycles. The molecule has 3 aromatic rings. The maximum absolute atomic E-state index is 14.0. The van der Waals surface area contributed by atoms with E-state index in [0.717, 1.165) is 74.5 Å². The monoisotopic (exact) mass is 480 g/mol. The molecule has 0 saturated heterocycles. The number of fused-ring (bicyclic) bond motifs is 1. The molecule has 7 nitrogen and oxygen atoms in total. The third-order valence-corrected chi connectivity index (χ3v) is 6.83. The Hall–Kier alpha value is -3.36. The predicted molar refractivity (Wildman–Crippen MR) is 129 cm³/mol. The molecule has 0 fully saturated rings. The highest BCUT2D eigenvalue weighted by atomic mass is 19.2. The number of allylic oxidation sites excluding steroid dienone is 2. The van der Waals surface area contributed by atoms with E-state index in [4.69, 9.17) is 14.7 Å². The Morgan fingerprint density at radius 3 is 2.74 bits per heavy atom. The van der Waals surface area contributed by atoms with Crippen LogP contribution >= 0.6 is 0 Å². The van der Waals surface area contributed by atoms with Crippen LogP contribution in [0.25, 0.3) is 0 Å². The minimum atomic E-state index is -0.841. The minimum absolute atomic E-state index is 0.0711. The third-order valence-electron chi connectivity index (χ3n) is 6.83. The van der Waals surface area contributed by atoms with Gasteiger partial charge in [0.1, 0.15) is 11.6 Å². The molecule has 0 radical (unpaired) electrons. The molecule has 3 heterocycles. The summed E-state index contributed by atoms with van der Waals surface area (Å²) in [6, 6.07) is 4.18. The predicted octanol–water partition coefficient (Wildman–Crippen LogP) is 5.80. The first kappa shape index (κ1) is 23.4. The second-order valence-corrected chi connectivity index (χ2v) is 9.29. The molecule has 35 heavy (non-hydrogen) atoms. The maximum Gasteiger partial charge on any atom is 0.268 e. The van der Waals surface area contributed by atoms with Crippen LogP contribution in [0.2, 0.25) is 0 Å². The van der Waals surface area contributed by atoms with Crippen LogP contribution in [0.4, 0.5) is 14.7 Å². The van der Waals surface area contributed by atoms with Crippen LogP contribution in [0.1, 0.15) is 74.0 Å². The molecule has 0 bridgehead atoms. The quantitative estimate of drug-likeness (QED) is 0.474. The molecular weight excluding hydrogens is 450 g/mol. The van der Waals surface area contributed by atoms with Gasteiger partial charge in [-0.25, -0.2) is 23.4 Å². The number of benzene rings is 1. The lowest BCUT2D eigenvalue weighted by Gasteiger charge is -2.20. The van der Waals surface area contributed by atoms with Gasteiger partial charge in [0.25, 0.3) is 5.95 Å². The lowest BCUT2D eigenvalue weighted by Crippen LogP contribution is -2.15. The van der Waals surface area contributed by atoms with Gasteiger partial charge in [0.15, 0.2) is 11.6 Å². The lowest BCUT2D eigenvalue weighted by molar-refractivity contribution is 0.237.